The summed E-state index contributed by atoms with van der Waals surface area (Å²) in [5.41, 5.74) is 3.26. The molecule has 98 valence electrons. The Bertz CT molecular complexity index is 548. The van der Waals surface area contributed by atoms with Crippen molar-refractivity contribution in [2.75, 3.05) is 31.2 Å². The summed E-state index contributed by atoms with van der Waals surface area (Å²) in [6.07, 6.45) is 0. The molecule has 1 saturated heterocycles. The molecule has 3 rings (SSSR count). The highest BCUT2D eigenvalue weighted by molar-refractivity contribution is 5.60. The van der Waals surface area contributed by atoms with Crippen molar-refractivity contribution in [2.45, 2.75) is 6.92 Å². The van der Waals surface area contributed by atoms with Crippen LogP contribution < -0.4 is 4.90 Å². The fourth-order valence-corrected chi connectivity index (χ4v) is 2.24. The van der Waals surface area contributed by atoms with E-state index in [1.54, 1.807) is 0 Å². The normalized spacial score (nSPS) is 15.5. The highest BCUT2D eigenvalue weighted by atomic mass is 16.5. The van der Waals surface area contributed by atoms with E-state index >= 15 is 0 Å². The second-order valence-corrected chi connectivity index (χ2v) is 4.75. The third kappa shape index (κ3) is 2.74. The first-order valence-corrected chi connectivity index (χ1v) is 6.56. The lowest BCUT2D eigenvalue weighted by atomic mass is 10.1. The molecule has 1 aliphatic heterocycles. The maximum Gasteiger partial charge on any atom is 0.151 e. The van der Waals surface area contributed by atoms with Gasteiger partial charge in [0.2, 0.25) is 0 Å². The SMILES string of the molecule is Cc1cccc(-c2ccc(N3CCOCC3)nn2)c1. The highest BCUT2D eigenvalue weighted by Crippen LogP contribution is 2.19. The Morgan fingerprint density at radius 1 is 1.05 bits per heavy atom. The molecule has 0 spiro atoms. The molecule has 0 unspecified atom stereocenters. The summed E-state index contributed by atoms with van der Waals surface area (Å²) in [5, 5.41) is 8.66. The first-order chi connectivity index (χ1) is 9.33. The molecule has 19 heavy (non-hydrogen) atoms. The predicted octanol–water partition coefficient (Wildman–Crippen LogP) is 2.29. The van der Waals surface area contributed by atoms with Crippen LogP contribution in [0.5, 0.6) is 0 Å². The topological polar surface area (TPSA) is 38.2 Å². The van der Waals surface area contributed by atoms with Crippen molar-refractivity contribution < 1.29 is 4.74 Å². The van der Waals surface area contributed by atoms with E-state index in [4.69, 9.17) is 4.74 Å². The lowest BCUT2D eigenvalue weighted by molar-refractivity contribution is 0.122. The van der Waals surface area contributed by atoms with Crippen molar-refractivity contribution in [2.24, 2.45) is 0 Å². The van der Waals surface area contributed by atoms with Crippen LogP contribution in [0.3, 0.4) is 0 Å². The van der Waals surface area contributed by atoms with Crippen LogP contribution in [0, 0.1) is 6.92 Å². The zero-order chi connectivity index (χ0) is 13.1. The number of rotatable bonds is 2. The van der Waals surface area contributed by atoms with E-state index in [1.807, 2.05) is 18.2 Å². The van der Waals surface area contributed by atoms with Crippen LogP contribution in [0.2, 0.25) is 0 Å². The minimum Gasteiger partial charge on any atom is -0.378 e. The lowest BCUT2D eigenvalue weighted by Crippen LogP contribution is -2.36. The molecule has 4 heteroatoms. The Labute approximate surface area is 113 Å². The molecule has 1 aromatic heterocycles. The second-order valence-electron chi connectivity index (χ2n) is 4.75. The minimum atomic E-state index is 0.765. The average molecular weight is 255 g/mol. The van der Waals surface area contributed by atoms with E-state index in [9.17, 15) is 0 Å². The van der Waals surface area contributed by atoms with Crippen molar-refractivity contribution in [3.05, 3.63) is 42.0 Å². The third-order valence-electron chi connectivity index (χ3n) is 3.30. The van der Waals surface area contributed by atoms with Crippen molar-refractivity contribution in [1.82, 2.24) is 10.2 Å². The highest BCUT2D eigenvalue weighted by Gasteiger charge is 2.12. The first kappa shape index (κ1) is 12.1. The number of aromatic nitrogens is 2. The minimum absolute atomic E-state index is 0.765. The fraction of sp³-hybridized carbons (Fsp3) is 0.333. The molecule has 0 bridgehead atoms. The molecule has 1 aromatic carbocycles. The number of benzene rings is 1. The van der Waals surface area contributed by atoms with Crippen molar-refractivity contribution in [3.8, 4) is 11.3 Å². The molecule has 2 aromatic rings. The third-order valence-corrected chi connectivity index (χ3v) is 3.30. The molecule has 0 radical (unpaired) electrons. The number of aryl methyl sites for hydroxylation is 1. The van der Waals surface area contributed by atoms with Crippen LogP contribution in [-0.2, 0) is 4.74 Å². The van der Waals surface area contributed by atoms with Crippen LogP contribution in [0.1, 0.15) is 5.56 Å². The van der Waals surface area contributed by atoms with Gasteiger partial charge in [0.05, 0.1) is 18.9 Å². The number of hydrogen-bond donors (Lipinski definition) is 0. The van der Waals surface area contributed by atoms with Crippen molar-refractivity contribution in [1.29, 1.82) is 0 Å². The van der Waals surface area contributed by atoms with Gasteiger partial charge >= 0.3 is 0 Å². The van der Waals surface area contributed by atoms with E-state index in [1.165, 1.54) is 5.56 Å². The molecule has 2 heterocycles. The monoisotopic (exact) mass is 255 g/mol. The molecule has 4 nitrogen and oxygen atoms in total. The Kier molecular flexibility index (Phi) is 3.42. The van der Waals surface area contributed by atoms with Crippen LogP contribution in [0.15, 0.2) is 36.4 Å². The number of anilines is 1. The molecular formula is C15H17N3O. The molecule has 1 aliphatic rings. The van der Waals surface area contributed by atoms with Gasteiger partial charge in [0, 0.05) is 18.7 Å². The number of nitrogens with zero attached hydrogens (tertiary/aromatic N) is 3. The summed E-state index contributed by atoms with van der Waals surface area (Å²) in [5.74, 6) is 0.930. The summed E-state index contributed by atoms with van der Waals surface area (Å²) in [7, 11) is 0. The van der Waals surface area contributed by atoms with E-state index in [-0.39, 0.29) is 0 Å². The van der Waals surface area contributed by atoms with Gasteiger partial charge in [0.15, 0.2) is 5.82 Å². The molecule has 0 saturated carbocycles. The Morgan fingerprint density at radius 3 is 2.58 bits per heavy atom. The van der Waals surface area contributed by atoms with Gasteiger partial charge in [0.25, 0.3) is 0 Å². The van der Waals surface area contributed by atoms with E-state index in [0.29, 0.717) is 0 Å². The largest absolute Gasteiger partial charge is 0.378 e. The van der Waals surface area contributed by atoms with Gasteiger partial charge in [-0.05, 0) is 25.1 Å². The van der Waals surface area contributed by atoms with Gasteiger partial charge in [-0.3, -0.25) is 0 Å². The van der Waals surface area contributed by atoms with Gasteiger partial charge in [-0.15, -0.1) is 10.2 Å². The summed E-state index contributed by atoms with van der Waals surface area (Å²) in [4.78, 5) is 2.20. The first-order valence-electron chi connectivity index (χ1n) is 6.56. The van der Waals surface area contributed by atoms with Crippen LogP contribution in [0.4, 0.5) is 5.82 Å². The summed E-state index contributed by atoms with van der Waals surface area (Å²) >= 11 is 0. The van der Waals surface area contributed by atoms with E-state index in [0.717, 1.165) is 43.4 Å². The molecule has 0 aliphatic carbocycles. The van der Waals surface area contributed by atoms with Crippen LogP contribution in [-0.4, -0.2) is 36.5 Å². The maximum absolute atomic E-state index is 5.34. The number of ether oxygens (including phenoxy) is 1. The second kappa shape index (κ2) is 5.36. The molecular weight excluding hydrogens is 238 g/mol. The Balaban J connectivity index is 1.82. The predicted molar refractivity (Wildman–Crippen MR) is 75.2 cm³/mol. The maximum atomic E-state index is 5.34. The quantitative estimate of drug-likeness (QED) is 0.825. The molecule has 0 amide bonds. The summed E-state index contributed by atoms with van der Waals surface area (Å²) < 4.78 is 5.34. The Morgan fingerprint density at radius 2 is 1.89 bits per heavy atom. The smallest absolute Gasteiger partial charge is 0.151 e. The lowest BCUT2D eigenvalue weighted by Gasteiger charge is -2.27. The fourth-order valence-electron chi connectivity index (χ4n) is 2.24. The number of morpholine rings is 1. The van der Waals surface area contributed by atoms with Gasteiger partial charge < -0.3 is 9.64 Å². The molecule has 0 atom stereocenters. The van der Waals surface area contributed by atoms with Crippen molar-refractivity contribution >= 4 is 5.82 Å². The van der Waals surface area contributed by atoms with Gasteiger partial charge in [-0.25, -0.2) is 0 Å². The summed E-state index contributed by atoms with van der Waals surface area (Å²) in [6, 6.07) is 12.4. The van der Waals surface area contributed by atoms with Gasteiger partial charge in [-0.2, -0.15) is 0 Å². The molecule has 1 fully saturated rings. The van der Waals surface area contributed by atoms with Gasteiger partial charge in [-0.1, -0.05) is 23.8 Å². The van der Waals surface area contributed by atoms with Crippen LogP contribution >= 0.6 is 0 Å². The van der Waals surface area contributed by atoms with E-state index in [2.05, 4.69) is 40.2 Å². The number of hydrogen-bond acceptors (Lipinski definition) is 4. The zero-order valence-electron chi connectivity index (χ0n) is 11.0. The zero-order valence-corrected chi connectivity index (χ0v) is 11.0. The summed E-state index contributed by atoms with van der Waals surface area (Å²) in [6.45, 7) is 5.39. The average Bonchev–Trinajstić information content (AvgIpc) is 2.48. The molecule has 0 N–H and O–H groups in total. The van der Waals surface area contributed by atoms with E-state index < -0.39 is 0 Å². The Hall–Kier alpha value is -1.94. The van der Waals surface area contributed by atoms with Crippen LogP contribution in [0.25, 0.3) is 11.3 Å². The standard InChI is InChI=1S/C15H17N3O/c1-12-3-2-4-13(11-12)14-5-6-15(17-16-14)18-7-9-19-10-8-18/h2-6,11H,7-10H2,1H3. The van der Waals surface area contributed by atoms with Gasteiger partial charge in [0.1, 0.15) is 0 Å². The van der Waals surface area contributed by atoms with Crippen molar-refractivity contribution in [3.63, 3.8) is 0 Å².